The summed E-state index contributed by atoms with van der Waals surface area (Å²) in [4.78, 5) is 23.3. The van der Waals surface area contributed by atoms with Gasteiger partial charge in [-0.3, -0.25) is 9.59 Å². The first-order valence-electron chi connectivity index (χ1n) is 7.15. The van der Waals surface area contributed by atoms with E-state index in [0.717, 1.165) is 0 Å². The van der Waals surface area contributed by atoms with Gasteiger partial charge in [0.05, 0.1) is 10.7 Å². The average molecular weight is 374 g/mol. The largest absolute Gasteiger partial charge is 0.326 e. The Labute approximate surface area is 154 Å². The number of amides is 2. The number of nitriles is 1. The van der Waals surface area contributed by atoms with E-state index in [0.29, 0.717) is 27.0 Å². The first-order chi connectivity index (χ1) is 11.9. The summed E-state index contributed by atoms with van der Waals surface area (Å²) in [5, 5.41) is 15.2. The normalized spacial score (nSPS) is 10.7. The lowest BCUT2D eigenvalue weighted by Gasteiger charge is -2.07. The molecule has 0 aliphatic carbocycles. The molecule has 0 aliphatic heterocycles. The summed E-state index contributed by atoms with van der Waals surface area (Å²) in [6, 6.07) is 13.2. The van der Waals surface area contributed by atoms with Gasteiger partial charge in [-0.15, -0.1) is 0 Å². The quantitative estimate of drug-likeness (QED) is 0.611. The number of nitrogens with one attached hydrogen (secondary N) is 2. The fourth-order valence-electron chi connectivity index (χ4n) is 1.96. The van der Waals surface area contributed by atoms with Gasteiger partial charge in [-0.2, -0.15) is 5.26 Å². The molecule has 0 atom stereocenters. The van der Waals surface area contributed by atoms with Crippen LogP contribution < -0.4 is 10.6 Å². The lowest BCUT2D eigenvalue weighted by Crippen LogP contribution is -2.13. The monoisotopic (exact) mass is 373 g/mol. The first kappa shape index (κ1) is 18.5. The van der Waals surface area contributed by atoms with Crippen LogP contribution in [0.1, 0.15) is 12.5 Å². The lowest BCUT2D eigenvalue weighted by molar-refractivity contribution is -0.114. The van der Waals surface area contributed by atoms with E-state index in [9.17, 15) is 14.9 Å². The number of carbonyl (C=O) groups is 2. The van der Waals surface area contributed by atoms with Crippen molar-refractivity contribution in [3.63, 3.8) is 0 Å². The predicted octanol–water partition coefficient (Wildman–Crippen LogP) is 4.50. The highest BCUT2D eigenvalue weighted by Gasteiger charge is 2.12. The molecule has 0 aliphatic rings. The molecule has 0 saturated heterocycles. The van der Waals surface area contributed by atoms with E-state index < -0.39 is 5.91 Å². The summed E-state index contributed by atoms with van der Waals surface area (Å²) in [6.45, 7) is 1.41. The minimum atomic E-state index is -0.599. The third-order valence-electron chi connectivity index (χ3n) is 3.08. The molecule has 0 spiro atoms. The standard InChI is InChI=1S/C18H13Cl2N3O2/c1-11(24)22-15-5-2-12(3-6-15)8-13(10-21)18(25)23-17-9-14(19)4-7-16(17)20/h2-9H,1H3,(H,22,24)(H,23,25)/b13-8+. The molecule has 2 N–H and O–H groups in total. The zero-order valence-corrected chi connectivity index (χ0v) is 14.7. The highest BCUT2D eigenvalue weighted by atomic mass is 35.5. The molecule has 0 bridgehead atoms. The van der Waals surface area contributed by atoms with E-state index in [1.165, 1.54) is 19.1 Å². The number of carbonyl (C=O) groups excluding carboxylic acids is 2. The molecular formula is C18H13Cl2N3O2. The molecule has 0 radical (unpaired) electrons. The van der Waals surface area contributed by atoms with E-state index >= 15 is 0 Å². The van der Waals surface area contributed by atoms with Crippen LogP contribution in [0.2, 0.25) is 10.0 Å². The zero-order chi connectivity index (χ0) is 18.4. The van der Waals surface area contributed by atoms with Gasteiger partial charge in [0.25, 0.3) is 5.91 Å². The highest BCUT2D eigenvalue weighted by Crippen LogP contribution is 2.26. The van der Waals surface area contributed by atoms with Crippen molar-refractivity contribution >= 4 is 52.5 Å². The van der Waals surface area contributed by atoms with Gasteiger partial charge in [-0.1, -0.05) is 35.3 Å². The van der Waals surface area contributed by atoms with Gasteiger partial charge in [0.15, 0.2) is 0 Å². The van der Waals surface area contributed by atoms with Crippen LogP contribution in [0.5, 0.6) is 0 Å². The molecule has 0 fully saturated rings. The van der Waals surface area contributed by atoms with Crippen LogP contribution in [0.15, 0.2) is 48.0 Å². The second-order valence-corrected chi connectivity index (χ2v) is 5.89. The Kier molecular flexibility index (Phi) is 6.18. The molecule has 126 valence electrons. The van der Waals surface area contributed by atoms with Crippen LogP contribution in [0.3, 0.4) is 0 Å². The maximum Gasteiger partial charge on any atom is 0.266 e. The van der Waals surface area contributed by atoms with Crippen LogP contribution in [-0.2, 0) is 9.59 Å². The van der Waals surface area contributed by atoms with Crippen molar-refractivity contribution in [2.75, 3.05) is 10.6 Å². The van der Waals surface area contributed by atoms with Crippen molar-refractivity contribution < 1.29 is 9.59 Å². The summed E-state index contributed by atoms with van der Waals surface area (Å²) >= 11 is 11.9. The van der Waals surface area contributed by atoms with E-state index in [2.05, 4.69) is 10.6 Å². The van der Waals surface area contributed by atoms with Gasteiger partial charge >= 0.3 is 0 Å². The van der Waals surface area contributed by atoms with Crippen molar-refractivity contribution in [2.45, 2.75) is 6.92 Å². The van der Waals surface area contributed by atoms with Gasteiger partial charge in [-0.25, -0.2) is 0 Å². The van der Waals surface area contributed by atoms with Gasteiger partial charge in [-0.05, 0) is 42.0 Å². The van der Waals surface area contributed by atoms with Crippen molar-refractivity contribution in [2.24, 2.45) is 0 Å². The first-order valence-corrected chi connectivity index (χ1v) is 7.90. The maximum atomic E-state index is 12.3. The molecule has 2 amide bonds. The molecule has 7 heteroatoms. The van der Waals surface area contributed by atoms with Crippen molar-refractivity contribution in [1.82, 2.24) is 0 Å². The number of rotatable bonds is 4. The molecule has 0 unspecified atom stereocenters. The van der Waals surface area contributed by atoms with E-state index in [1.807, 2.05) is 6.07 Å². The molecule has 0 saturated carbocycles. The Morgan fingerprint density at radius 1 is 1.08 bits per heavy atom. The molecule has 25 heavy (non-hydrogen) atoms. The van der Waals surface area contributed by atoms with E-state index in [1.54, 1.807) is 36.4 Å². The van der Waals surface area contributed by atoms with Crippen molar-refractivity contribution in [3.8, 4) is 6.07 Å². The Morgan fingerprint density at radius 2 is 1.76 bits per heavy atom. The SMILES string of the molecule is CC(=O)Nc1ccc(/C=C(\C#N)C(=O)Nc2cc(Cl)ccc2Cl)cc1. The van der Waals surface area contributed by atoms with Gasteiger partial charge in [0.2, 0.25) is 5.91 Å². The lowest BCUT2D eigenvalue weighted by atomic mass is 10.1. The number of hydrogen-bond acceptors (Lipinski definition) is 3. The summed E-state index contributed by atoms with van der Waals surface area (Å²) in [6.07, 6.45) is 1.44. The smallest absolute Gasteiger partial charge is 0.266 e. The van der Waals surface area contributed by atoms with Crippen LogP contribution in [0, 0.1) is 11.3 Å². The number of nitrogens with zero attached hydrogens (tertiary/aromatic N) is 1. The average Bonchev–Trinajstić information content (AvgIpc) is 2.57. The number of anilines is 2. The molecule has 2 aromatic carbocycles. The minimum Gasteiger partial charge on any atom is -0.326 e. The molecule has 2 aromatic rings. The topological polar surface area (TPSA) is 82.0 Å². The van der Waals surface area contributed by atoms with Crippen LogP contribution in [0.25, 0.3) is 6.08 Å². The number of hydrogen-bond donors (Lipinski definition) is 2. The van der Waals surface area contributed by atoms with Gasteiger partial charge in [0.1, 0.15) is 11.6 Å². The summed E-state index contributed by atoms with van der Waals surface area (Å²) < 4.78 is 0. The van der Waals surface area contributed by atoms with Gasteiger partial charge < -0.3 is 10.6 Å². The molecule has 0 aromatic heterocycles. The fourth-order valence-corrected chi connectivity index (χ4v) is 2.30. The summed E-state index contributed by atoms with van der Waals surface area (Å²) in [5.41, 5.74) is 1.49. The Hall–Kier alpha value is -2.81. The zero-order valence-electron chi connectivity index (χ0n) is 13.1. The highest BCUT2D eigenvalue weighted by molar-refractivity contribution is 6.36. The van der Waals surface area contributed by atoms with Crippen molar-refractivity contribution in [1.29, 1.82) is 5.26 Å². The molecular weight excluding hydrogens is 361 g/mol. The van der Waals surface area contributed by atoms with Crippen molar-refractivity contribution in [3.05, 3.63) is 63.6 Å². The molecule has 0 heterocycles. The fraction of sp³-hybridized carbons (Fsp3) is 0.0556. The second kappa shape index (κ2) is 8.34. The third-order valence-corrected chi connectivity index (χ3v) is 3.65. The number of halogens is 2. The van der Waals surface area contributed by atoms with Gasteiger partial charge in [0, 0.05) is 17.6 Å². The van der Waals surface area contributed by atoms with Crippen LogP contribution >= 0.6 is 23.2 Å². The third kappa shape index (κ3) is 5.35. The summed E-state index contributed by atoms with van der Waals surface area (Å²) in [5.74, 6) is -0.781. The molecule has 5 nitrogen and oxygen atoms in total. The van der Waals surface area contributed by atoms with Crippen LogP contribution in [0.4, 0.5) is 11.4 Å². The predicted molar refractivity (Wildman–Crippen MR) is 99.4 cm³/mol. The van der Waals surface area contributed by atoms with E-state index in [4.69, 9.17) is 23.2 Å². The Balaban J connectivity index is 2.19. The Bertz CT molecular complexity index is 884. The van der Waals surface area contributed by atoms with Crippen LogP contribution in [-0.4, -0.2) is 11.8 Å². The molecule has 2 rings (SSSR count). The second-order valence-electron chi connectivity index (χ2n) is 5.05. The maximum absolute atomic E-state index is 12.3. The van der Waals surface area contributed by atoms with E-state index in [-0.39, 0.29) is 11.5 Å². The number of benzene rings is 2. The summed E-state index contributed by atoms with van der Waals surface area (Å²) in [7, 11) is 0. The minimum absolute atomic E-state index is 0.0941. The Morgan fingerprint density at radius 3 is 2.36 bits per heavy atom.